The number of unbranched alkanes of at least 4 members (excludes halogenated alkanes) is 9. The van der Waals surface area contributed by atoms with E-state index in [9.17, 15) is 13.6 Å². The molecule has 4 heteroatoms. The smallest absolute Gasteiger partial charge is 0.254 e. The summed E-state index contributed by atoms with van der Waals surface area (Å²) in [6.07, 6.45) is 13.3. The van der Waals surface area contributed by atoms with Crippen LogP contribution in [-0.4, -0.2) is 5.91 Å². The van der Waals surface area contributed by atoms with Gasteiger partial charge in [-0.25, -0.2) is 8.78 Å². The zero-order chi connectivity index (χ0) is 19.4. The summed E-state index contributed by atoms with van der Waals surface area (Å²) in [5, 5.41) is 0. The molecule has 0 saturated carbocycles. The molecule has 0 aliphatic heterocycles. The number of hydrogen-bond donors (Lipinski definition) is 1. The fourth-order valence-corrected chi connectivity index (χ4v) is 3.43. The molecule has 1 aromatic rings. The number of halogens is 2. The van der Waals surface area contributed by atoms with Crippen LogP contribution in [0.25, 0.3) is 0 Å². The summed E-state index contributed by atoms with van der Waals surface area (Å²) < 4.78 is 28.9. The molecule has 26 heavy (non-hydrogen) atoms. The van der Waals surface area contributed by atoms with Gasteiger partial charge in [-0.2, -0.15) is 0 Å². The lowest BCUT2D eigenvalue weighted by molar-refractivity contribution is 0.0992. The molecule has 1 amide bonds. The quantitative estimate of drug-likeness (QED) is 0.376. The molecule has 0 bridgehead atoms. The summed E-state index contributed by atoms with van der Waals surface area (Å²) in [5.41, 5.74) is 5.79. The molecule has 0 aromatic heterocycles. The van der Waals surface area contributed by atoms with Gasteiger partial charge in [-0.1, -0.05) is 71.6 Å². The standard InChI is InChI=1S/C22H35F2NO/c1-3-5-7-9-11-13-15-18-17(14-12-10-8-6-4-2)16-19(23)20(21(18)24)22(25)26/h16H,3-15H2,1-2H3,(H2,25,26). The monoisotopic (exact) mass is 367 g/mol. The first-order valence-corrected chi connectivity index (χ1v) is 10.3. The first-order valence-electron chi connectivity index (χ1n) is 10.3. The number of benzene rings is 1. The third-order valence-corrected chi connectivity index (χ3v) is 4.99. The summed E-state index contributed by atoms with van der Waals surface area (Å²) in [6, 6.07) is 1.33. The Hall–Kier alpha value is -1.45. The van der Waals surface area contributed by atoms with Crippen LogP contribution in [0.2, 0.25) is 0 Å². The van der Waals surface area contributed by atoms with Crippen LogP contribution in [0, 0.1) is 11.6 Å². The molecule has 2 N–H and O–H groups in total. The van der Waals surface area contributed by atoms with Crippen molar-refractivity contribution >= 4 is 5.91 Å². The van der Waals surface area contributed by atoms with Gasteiger partial charge in [0.15, 0.2) is 0 Å². The van der Waals surface area contributed by atoms with E-state index < -0.39 is 23.1 Å². The van der Waals surface area contributed by atoms with Crippen molar-refractivity contribution in [3.05, 3.63) is 34.4 Å². The summed E-state index contributed by atoms with van der Waals surface area (Å²) in [6.45, 7) is 4.33. The van der Waals surface area contributed by atoms with Crippen molar-refractivity contribution in [2.45, 2.75) is 97.3 Å². The van der Waals surface area contributed by atoms with Crippen LogP contribution < -0.4 is 5.73 Å². The number of carbonyl (C=O) groups is 1. The third kappa shape index (κ3) is 7.43. The number of nitrogens with two attached hydrogens (primary N) is 1. The van der Waals surface area contributed by atoms with Gasteiger partial charge in [-0.3, -0.25) is 4.79 Å². The summed E-state index contributed by atoms with van der Waals surface area (Å²) in [5.74, 6) is -2.60. The molecule has 0 aliphatic carbocycles. The SMILES string of the molecule is CCCCCCCCc1c(CCCCCCC)cc(F)c(C(N)=O)c1F. The fourth-order valence-electron chi connectivity index (χ4n) is 3.43. The Bertz CT molecular complexity index is 558. The molecule has 148 valence electrons. The highest BCUT2D eigenvalue weighted by Crippen LogP contribution is 2.25. The lowest BCUT2D eigenvalue weighted by Crippen LogP contribution is -2.18. The van der Waals surface area contributed by atoms with Crippen LogP contribution in [0.4, 0.5) is 8.78 Å². The fraction of sp³-hybridized carbons (Fsp3) is 0.682. The van der Waals surface area contributed by atoms with Gasteiger partial charge in [0, 0.05) is 0 Å². The van der Waals surface area contributed by atoms with Crippen LogP contribution in [0.3, 0.4) is 0 Å². The largest absolute Gasteiger partial charge is 0.365 e. The normalized spacial score (nSPS) is 11.1. The van der Waals surface area contributed by atoms with E-state index in [0.717, 1.165) is 38.5 Å². The minimum absolute atomic E-state index is 0.492. The molecule has 0 radical (unpaired) electrons. The van der Waals surface area contributed by atoms with Crippen molar-refractivity contribution in [2.75, 3.05) is 0 Å². The van der Waals surface area contributed by atoms with Crippen LogP contribution in [0.5, 0.6) is 0 Å². The number of amides is 1. The van der Waals surface area contributed by atoms with Crippen LogP contribution in [0.15, 0.2) is 6.07 Å². The molecule has 0 fully saturated rings. The van der Waals surface area contributed by atoms with E-state index in [-0.39, 0.29) is 0 Å². The highest BCUT2D eigenvalue weighted by Gasteiger charge is 2.21. The zero-order valence-electron chi connectivity index (χ0n) is 16.5. The first kappa shape index (κ1) is 22.6. The molecule has 0 heterocycles. The van der Waals surface area contributed by atoms with Crippen molar-refractivity contribution in [3.8, 4) is 0 Å². The Morgan fingerprint density at radius 3 is 1.88 bits per heavy atom. The molecule has 0 spiro atoms. The lowest BCUT2D eigenvalue weighted by Gasteiger charge is -2.14. The topological polar surface area (TPSA) is 43.1 Å². The Labute approximate surface area is 157 Å². The maximum absolute atomic E-state index is 14.8. The molecule has 1 rings (SSSR count). The van der Waals surface area contributed by atoms with Crippen molar-refractivity contribution in [3.63, 3.8) is 0 Å². The minimum atomic E-state index is -1.03. The van der Waals surface area contributed by atoms with Gasteiger partial charge >= 0.3 is 0 Å². The zero-order valence-corrected chi connectivity index (χ0v) is 16.5. The molecular formula is C22H35F2NO. The van der Waals surface area contributed by atoms with Gasteiger partial charge in [0.05, 0.1) is 0 Å². The van der Waals surface area contributed by atoms with Crippen molar-refractivity contribution in [1.82, 2.24) is 0 Å². The van der Waals surface area contributed by atoms with Gasteiger partial charge in [-0.15, -0.1) is 0 Å². The van der Waals surface area contributed by atoms with Gasteiger partial charge in [0.1, 0.15) is 17.2 Å². The number of carbonyl (C=O) groups excluding carboxylic acids is 1. The number of rotatable bonds is 14. The maximum Gasteiger partial charge on any atom is 0.254 e. The van der Waals surface area contributed by atoms with E-state index in [1.54, 1.807) is 0 Å². The number of primary amides is 1. The van der Waals surface area contributed by atoms with Crippen molar-refractivity contribution < 1.29 is 13.6 Å². The second-order valence-corrected chi connectivity index (χ2v) is 7.23. The minimum Gasteiger partial charge on any atom is -0.365 e. The van der Waals surface area contributed by atoms with E-state index in [4.69, 9.17) is 5.73 Å². The van der Waals surface area contributed by atoms with Crippen LogP contribution in [0.1, 0.15) is 106 Å². The molecule has 0 saturated heterocycles. The average Bonchev–Trinajstić information content (AvgIpc) is 2.59. The second kappa shape index (κ2) is 12.8. The predicted molar refractivity (Wildman–Crippen MR) is 104 cm³/mol. The highest BCUT2D eigenvalue weighted by molar-refractivity contribution is 5.93. The lowest BCUT2D eigenvalue weighted by atomic mass is 9.93. The van der Waals surface area contributed by atoms with E-state index in [0.29, 0.717) is 24.0 Å². The molecular weight excluding hydrogens is 332 g/mol. The van der Waals surface area contributed by atoms with Gasteiger partial charge in [0.2, 0.25) is 0 Å². The Balaban J connectivity index is 2.80. The van der Waals surface area contributed by atoms with Gasteiger partial charge in [-0.05, 0) is 42.9 Å². The van der Waals surface area contributed by atoms with Crippen molar-refractivity contribution in [1.29, 1.82) is 0 Å². The van der Waals surface area contributed by atoms with E-state index in [2.05, 4.69) is 13.8 Å². The average molecular weight is 368 g/mol. The van der Waals surface area contributed by atoms with Crippen LogP contribution in [-0.2, 0) is 12.8 Å². The van der Waals surface area contributed by atoms with E-state index in [1.807, 2.05) is 0 Å². The molecule has 0 unspecified atom stereocenters. The molecule has 0 aliphatic rings. The molecule has 0 atom stereocenters. The van der Waals surface area contributed by atoms with Gasteiger partial charge in [0.25, 0.3) is 5.91 Å². The number of hydrogen-bond acceptors (Lipinski definition) is 1. The van der Waals surface area contributed by atoms with Gasteiger partial charge < -0.3 is 5.73 Å². The Morgan fingerprint density at radius 2 is 1.35 bits per heavy atom. The number of aryl methyl sites for hydroxylation is 1. The Kier molecular flexibility index (Phi) is 11.1. The first-order chi connectivity index (χ1) is 12.5. The Morgan fingerprint density at radius 1 is 0.846 bits per heavy atom. The molecule has 2 nitrogen and oxygen atoms in total. The third-order valence-electron chi connectivity index (χ3n) is 4.99. The highest BCUT2D eigenvalue weighted by atomic mass is 19.1. The summed E-state index contributed by atoms with van der Waals surface area (Å²) in [4.78, 5) is 11.4. The molecule has 1 aromatic carbocycles. The van der Waals surface area contributed by atoms with Crippen molar-refractivity contribution in [2.24, 2.45) is 5.73 Å². The second-order valence-electron chi connectivity index (χ2n) is 7.23. The van der Waals surface area contributed by atoms with E-state index >= 15 is 0 Å². The summed E-state index contributed by atoms with van der Waals surface area (Å²) >= 11 is 0. The summed E-state index contributed by atoms with van der Waals surface area (Å²) in [7, 11) is 0. The maximum atomic E-state index is 14.8. The van der Waals surface area contributed by atoms with Crippen LogP contribution >= 0.6 is 0 Å². The van der Waals surface area contributed by atoms with E-state index in [1.165, 1.54) is 38.2 Å². The predicted octanol–water partition coefficient (Wildman–Crippen LogP) is 6.48.